The molecule has 2 N–H and O–H groups in total. The quantitative estimate of drug-likeness (QED) is 0.00470. The van der Waals surface area contributed by atoms with Crippen LogP contribution in [0.3, 0.4) is 0 Å². The molecule has 32 nitrogen and oxygen atoms in total. The van der Waals surface area contributed by atoms with E-state index in [1.54, 1.807) is 12.1 Å². The monoisotopic (exact) mass is 2240 g/mol. The zero-order valence-corrected chi connectivity index (χ0v) is 106. The molecule has 0 bridgehead atoms. The number of amides is 2. The number of carbonyl (C=O) groups excluding carboxylic acids is 4. The number of nitrogens with one attached hydrogen (secondary N) is 2. The number of rotatable bonds is 58. The fourth-order valence-corrected chi connectivity index (χ4v) is 21.7. The number of anilines is 2. The molecule has 2 fully saturated rings. The molecule has 0 unspecified atom stereocenters. The van der Waals surface area contributed by atoms with E-state index >= 15 is 0 Å². The normalized spacial score (nSPS) is 16.5. The molecule has 6 aromatic rings. The van der Waals surface area contributed by atoms with Crippen LogP contribution in [-0.2, 0) is 98.8 Å². The van der Waals surface area contributed by atoms with Crippen molar-refractivity contribution in [2.45, 2.75) is 252 Å². The molecule has 2 amide bonds. The van der Waals surface area contributed by atoms with Crippen LogP contribution in [0.15, 0.2) is 209 Å². The average molecular weight is 2240 g/mol. The summed E-state index contributed by atoms with van der Waals surface area (Å²) in [5.74, 6) is -0.539. The van der Waals surface area contributed by atoms with Gasteiger partial charge in [0.25, 0.3) is 0 Å². The van der Waals surface area contributed by atoms with Gasteiger partial charge >= 0.3 is 217 Å². The van der Waals surface area contributed by atoms with Crippen molar-refractivity contribution in [3.8, 4) is 0 Å². The van der Waals surface area contributed by atoms with Gasteiger partial charge in [-0.05, 0) is 243 Å². The van der Waals surface area contributed by atoms with Crippen molar-refractivity contribution in [3.05, 3.63) is 191 Å². The average Bonchev–Trinajstić information content (AvgIpc) is 1.57. The first kappa shape index (κ1) is 133. The van der Waals surface area contributed by atoms with Gasteiger partial charge in [0.15, 0.2) is 11.4 Å². The zero-order valence-electron chi connectivity index (χ0n) is 90.4. The number of morpholine rings is 2. The van der Waals surface area contributed by atoms with E-state index in [2.05, 4.69) is 181 Å². The second kappa shape index (κ2) is 68.6. The SMILES string of the molecule is CCN1/C(=C\C=C\C2=[N+](CCCCCC(=O)NCCCC(=O)OCCCCCCN=C=NCCCN3CCOCC3)c3ccc4cc(SOO[O-])ccc4c3C2(C)C)C(C)(C)c2c1ccc1cc(S(=O)(=O)[O-])ccc21.CCN1\C(=C/C=C/C=C/C=C/C2=[N+](CCCCCC(=O)NCCCC(=O)OCCCCCCN=C=NCCCN3CCOCC3)c3ccc(SOO[O-])cc3C2(C)C)C(C)(C)c2cc(S(=O)(=O)[O-])ccc21.[K+].[K+].[K+].[K+]. The number of hydrogen-bond donors (Lipinski definition) is 2. The van der Waals surface area contributed by atoms with Gasteiger partial charge in [0, 0.05) is 196 Å². The maximum absolute atomic E-state index is 12.8. The Labute approximate surface area is 1070 Å². The third-order valence-corrected chi connectivity index (χ3v) is 30.3. The van der Waals surface area contributed by atoms with Crippen molar-refractivity contribution in [1.29, 1.82) is 0 Å². The smallest absolute Gasteiger partial charge is 0.744 e. The van der Waals surface area contributed by atoms with Crippen LogP contribution >= 0.6 is 24.1 Å². The van der Waals surface area contributed by atoms with Gasteiger partial charge in [-0.15, -0.1) is 0 Å². The van der Waals surface area contributed by atoms with Crippen LogP contribution in [0.5, 0.6) is 0 Å². The molecule has 0 saturated carbocycles. The largest absolute Gasteiger partial charge is 1.00 e. The molecule has 0 spiro atoms. The summed E-state index contributed by atoms with van der Waals surface area (Å²) in [6.45, 7) is 38.0. The minimum absolute atomic E-state index is 0. The van der Waals surface area contributed by atoms with Gasteiger partial charge in [0.1, 0.15) is 33.3 Å². The van der Waals surface area contributed by atoms with Crippen molar-refractivity contribution in [2.24, 2.45) is 20.0 Å². The molecule has 0 aliphatic carbocycles. The van der Waals surface area contributed by atoms with Gasteiger partial charge in [-0.3, -0.25) is 39.1 Å². The minimum Gasteiger partial charge on any atom is -0.744 e. The standard InChI is InChI=1S/C57H74N6O10S2.C53H74N6O10S2.4K/c1-6-62-48-27-22-43-40-45(75(67,68)69)24-26-47(43)54(48)56(2,3)50(62)17-14-18-51-57(4,5)55-46-25-23-44(74-73-72-66)39-42(46)21-28-49(55)63(51)33-12-9-10-19-52(64)60-31-15-20-53(65)71-36-13-8-7-11-29-58-41-59-30-16-32-61-34-37-70-38-35-61;1-6-58-46-28-26-43(71(63,64)65)40-45(46)53(4,5)48(58)21-13-8-7-9-14-22-49-52(2,3)44-39-42(70-69-68-62)25-27-47(44)59(49)33-17-12-15-23-50(60)56-31-19-24-51(61)67-36-18-11-10-16-29-54-41-55-30-20-32-57-34-37-66-38-35-57;;;;/h14,17-18,21-28,39-40H,6-13,15-16,19-20,29-38H2,1-5H3,(H2-,60,64,66,67,68,69);7-9,13-14,21-22,25-28,39-40H,6,10-12,15-20,23-24,29-38H2,1-5H3,(H2-,56,60,62,63,64,65);;;;/q;;4*+1/p-2. The summed E-state index contributed by atoms with van der Waals surface area (Å²) in [5, 5.41) is 37.9. The number of hydrogen-bond acceptors (Lipinski definition) is 30. The van der Waals surface area contributed by atoms with Crippen molar-refractivity contribution in [2.75, 3.05) is 154 Å². The molecule has 0 aromatic heterocycles. The van der Waals surface area contributed by atoms with Crippen molar-refractivity contribution in [3.63, 3.8) is 0 Å². The van der Waals surface area contributed by atoms with E-state index in [1.165, 1.54) is 29.8 Å². The van der Waals surface area contributed by atoms with E-state index in [0.29, 0.717) is 83.6 Å². The molecule has 0 atom stereocenters. The van der Waals surface area contributed by atoms with E-state index in [9.17, 15) is 55.6 Å². The van der Waals surface area contributed by atoms with Crippen molar-refractivity contribution in [1.82, 2.24) is 20.4 Å². The Bertz CT molecular complexity index is 6090. The first-order chi connectivity index (χ1) is 70.3. The molecule has 150 heavy (non-hydrogen) atoms. The van der Waals surface area contributed by atoms with Crippen molar-refractivity contribution >= 4 is 136 Å². The van der Waals surface area contributed by atoms with Gasteiger partial charge < -0.3 is 59.0 Å². The van der Waals surface area contributed by atoms with Crippen LogP contribution in [0.2, 0.25) is 0 Å². The molecule has 6 aliphatic rings. The van der Waals surface area contributed by atoms with Crippen LogP contribution in [0.1, 0.15) is 233 Å². The zero-order chi connectivity index (χ0) is 105. The van der Waals surface area contributed by atoms with Crippen LogP contribution in [0.25, 0.3) is 21.5 Å². The summed E-state index contributed by atoms with van der Waals surface area (Å²) in [7, 11) is -9.18. The maximum atomic E-state index is 12.8. The first-order valence-electron chi connectivity index (χ1n) is 51.5. The molecule has 6 heterocycles. The number of esters is 2. The van der Waals surface area contributed by atoms with Crippen LogP contribution in [0, 0.1) is 0 Å². The Balaban J connectivity index is 0.000000396. The number of unbranched alkanes of at least 4 members (excludes halogenated alkanes) is 10. The first-order valence-corrected chi connectivity index (χ1v) is 55.8. The number of ether oxygens (including phenoxy) is 4. The Morgan fingerprint density at radius 2 is 0.873 bits per heavy atom. The van der Waals surface area contributed by atoms with Gasteiger partial charge in [0.05, 0.1) is 109 Å². The predicted molar refractivity (Wildman–Crippen MR) is 566 cm³/mol. The van der Waals surface area contributed by atoms with E-state index in [4.69, 9.17) is 18.9 Å². The molecule has 2 saturated heterocycles. The Kier molecular flexibility index (Phi) is 61.0. The minimum atomic E-state index is -4.60. The number of nitrogens with zero attached hydrogens (tertiary/aromatic N) is 10. The number of carbonyl (C=O) groups is 4. The molecule has 12 rings (SSSR count). The van der Waals surface area contributed by atoms with Crippen LogP contribution < -0.4 is 236 Å². The van der Waals surface area contributed by atoms with Gasteiger partial charge in [-0.1, -0.05) is 95.2 Å². The Morgan fingerprint density at radius 3 is 1.43 bits per heavy atom. The summed E-state index contributed by atoms with van der Waals surface area (Å²) in [6.07, 6.45) is 37.2. The second-order valence-electron chi connectivity index (χ2n) is 39.2. The van der Waals surface area contributed by atoms with Gasteiger partial charge in [-0.2, -0.15) is 17.8 Å². The van der Waals surface area contributed by atoms with E-state index in [0.717, 1.165) is 307 Å². The number of aliphatic imine (C=N–C) groups is 4. The summed E-state index contributed by atoms with van der Waals surface area (Å²) in [4.78, 5) is 77.3. The van der Waals surface area contributed by atoms with Crippen LogP contribution in [-0.4, -0.2) is 236 Å². The summed E-state index contributed by atoms with van der Waals surface area (Å²) < 4.78 is 106. The summed E-state index contributed by atoms with van der Waals surface area (Å²) in [5.41, 5.74) is 10.8. The summed E-state index contributed by atoms with van der Waals surface area (Å²) >= 11 is 1.72. The third-order valence-electron chi connectivity index (χ3n) is 27.5. The third kappa shape index (κ3) is 40.1. The van der Waals surface area contributed by atoms with E-state index in [-0.39, 0.29) is 257 Å². The molecular formula is C110H146K4N12O20S4+2. The van der Waals surface area contributed by atoms with Gasteiger partial charge in [-0.25, -0.2) is 36.8 Å². The second-order valence-corrected chi connectivity index (χ2v) is 43.5. The molecular weight excluding hydrogens is 2090 g/mol. The fourth-order valence-electron chi connectivity index (χ4n) is 19.9. The number of likely N-dealkylation sites (N-methyl/N-ethyl adjacent to an activating group) is 2. The van der Waals surface area contributed by atoms with E-state index in [1.807, 2.05) is 99.7 Å². The Hall–Kier alpha value is -3.47. The van der Waals surface area contributed by atoms with Crippen LogP contribution in [0.4, 0.5) is 22.7 Å². The van der Waals surface area contributed by atoms with Crippen molar-refractivity contribution < 1.29 is 308 Å². The fraction of sp³-hybridized carbons (Fsp3) is 0.527. The molecule has 0 radical (unpaired) electrons. The van der Waals surface area contributed by atoms with Gasteiger partial charge in [0.2, 0.25) is 23.2 Å². The molecule has 792 valence electrons. The maximum Gasteiger partial charge on any atom is 1.00 e. The topological polar surface area (TPSA) is 395 Å². The summed E-state index contributed by atoms with van der Waals surface area (Å²) in [6, 6.07) is 34.8. The Morgan fingerprint density at radius 1 is 0.440 bits per heavy atom. The number of benzene rings is 6. The molecule has 6 aromatic carbocycles. The predicted octanol–water partition coefficient (Wildman–Crippen LogP) is 5.26. The number of fused-ring (bicyclic) bond motifs is 8. The van der Waals surface area contributed by atoms with E-state index < -0.39 is 36.5 Å². The molecule has 40 heteroatoms. The number of allylic oxidation sites excluding steroid dienone is 12. The molecule has 6 aliphatic heterocycles.